The summed E-state index contributed by atoms with van der Waals surface area (Å²) in [6, 6.07) is 0.509. The second kappa shape index (κ2) is 8.19. The molecular weight excluding hydrogens is 282 g/mol. The van der Waals surface area contributed by atoms with Gasteiger partial charge in [0.25, 0.3) is 0 Å². The van der Waals surface area contributed by atoms with Crippen LogP contribution in [0.3, 0.4) is 0 Å². The van der Waals surface area contributed by atoms with Crippen LogP contribution < -0.4 is 5.32 Å². The van der Waals surface area contributed by atoms with Gasteiger partial charge < -0.3 is 5.32 Å². The van der Waals surface area contributed by atoms with Crippen LogP contribution in [-0.2, 0) is 19.4 Å². The molecule has 1 aliphatic carbocycles. The lowest BCUT2D eigenvalue weighted by Gasteiger charge is -2.19. The molecule has 0 bridgehead atoms. The van der Waals surface area contributed by atoms with Crippen LogP contribution in [0.4, 0.5) is 0 Å². The molecule has 0 spiro atoms. The Morgan fingerprint density at radius 2 is 2.05 bits per heavy atom. The van der Waals surface area contributed by atoms with Gasteiger partial charge in [0.15, 0.2) is 0 Å². The number of nitrogens with one attached hydrogen (secondary N) is 1. The lowest BCUT2D eigenvalue weighted by Crippen LogP contribution is -2.29. The van der Waals surface area contributed by atoms with Crippen molar-refractivity contribution in [2.24, 2.45) is 5.92 Å². The Morgan fingerprint density at radius 1 is 1.33 bits per heavy atom. The van der Waals surface area contributed by atoms with E-state index in [9.17, 15) is 0 Å². The highest BCUT2D eigenvalue weighted by Crippen LogP contribution is 2.30. The van der Waals surface area contributed by atoms with E-state index in [1.165, 1.54) is 44.2 Å². The molecule has 120 valence electrons. The SMILES string of the molecule is CCc1nn(CC)c(CC(CCC2CCCC2)NC)c1Cl. The molecule has 0 aromatic carbocycles. The van der Waals surface area contributed by atoms with Crippen LogP contribution in [0, 0.1) is 5.92 Å². The first-order valence-electron chi connectivity index (χ1n) is 8.60. The summed E-state index contributed by atoms with van der Waals surface area (Å²) in [5, 5.41) is 9.00. The van der Waals surface area contributed by atoms with Gasteiger partial charge in [-0.3, -0.25) is 4.68 Å². The van der Waals surface area contributed by atoms with Crippen molar-refractivity contribution in [3.63, 3.8) is 0 Å². The lowest BCUT2D eigenvalue weighted by molar-refractivity contribution is 0.411. The lowest BCUT2D eigenvalue weighted by atomic mass is 9.96. The Balaban J connectivity index is 1.98. The molecular formula is C17H30ClN3. The van der Waals surface area contributed by atoms with Crippen molar-refractivity contribution in [3.05, 3.63) is 16.4 Å². The van der Waals surface area contributed by atoms with E-state index in [-0.39, 0.29) is 0 Å². The van der Waals surface area contributed by atoms with Crippen molar-refractivity contribution in [2.75, 3.05) is 7.05 Å². The summed E-state index contributed by atoms with van der Waals surface area (Å²) in [5.74, 6) is 0.957. The standard InChI is InChI=1S/C17H30ClN3/c1-4-15-17(18)16(21(5-2)20-15)12-14(19-3)11-10-13-8-6-7-9-13/h13-14,19H,4-12H2,1-3H3. The molecule has 1 atom stereocenters. The third-order valence-corrected chi connectivity index (χ3v) is 5.38. The molecule has 1 N–H and O–H groups in total. The Labute approximate surface area is 134 Å². The number of aryl methyl sites for hydroxylation is 2. The van der Waals surface area contributed by atoms with Crippen LogP contribution in [0.1, 0.15) is 63.8 Å². The quantitative estimate of drug-likeness (QED) is 0.779. The molecule has 2 rings (SSSR count). The van der Waals surface area contributed by atoms with Crippen LogP contribution in [0.2, 0.25) is 5.02 Å². The van der Waals surface area contributed by atoms with E-state index in [1.807, 2.05) is 0 Å². The second-order valence-electron chi connectivity index (χ2n) is 6.29. The fourth-order valence-corrected chi connectivity index (χ4v) is 3.88. The van der Waals surface area contributed by atoms with Gasteiger partial charge in [0.1, 0.15) is 0 Å². The zero-order chi connectivity index (χ0) is 15.2. The van der Waals surface area contributed by atoms with Crippen molar-refractivity contribution in [1.29, 1.82) is 0 Å². The number of nitrogens with zero attached hydrogens (tertiary/aromatic N) is 2. The van der Waals surface area contributed by atoms with Gasteiger partial charge >= 0.3 is 0 Å². The number of rotatable bonds is 8. The molecule has 0 saturated heterocycles. The number of likely N-dealkylation sites (N-methyl/N-ethyl adjacent to an activating group) is 1. The summed E-state index contributed by atoms with van der Waals surface area (Å²) in [7, 11) is 2.07. The Kier molecular flexibility index (Phi) is 6.56. The molecule has 1 heterocycles. The number of hydrogen-bond acceptors (Lipinski definition) is 2. The van der Waals surface area contributed by atoms with Gasteiger partial charge in [0.2, 0.25) is 0 Å². The van der Waals surface area contributed by atoms with E-state index in [4.69, 9.17) is 11.6 Å². The van der Waals surface area contributed by atoms with Gasteiger partial charge in [0, 0.05) is 19.0 Å². The highest BCUT2D eigenvalue weighted by atomic mass is 35.5. The zero-order valence-corrected chi connectivity index (χ0v) is 14.5. The van der Waals surface area contributed by atoms with E-state index in [0.29, 0.717) is 6.04 Å². The number of aromatic nitrogens is 2. The maximum Gasteiger partial charge on any atom is 0.0850 e. The van der Waals surface area contributed by atoms with Crippen molar-refractivity contribution in [1.82, 2.24) is 15.1 Å². The predicted octanol–water partition coefficient (Wildman–Crippen LogP) is 4.22. The molecule has 4 heteroatoms. The summed E-state index contributed by atoms with van der Waals surface area (Å²) < 4.78 is 2.08. The van der Waals surface area contributed by atoms with Gasteiger partial charge in [-0.2, -0.15) is 5.10 Å². The Morgan fingerprint density at radius 3 is 2.62 bits per heavy atom. The summed E-state index contributed by atoms with van der Waals surface area (Å²) in [5.41, 5.74) is 2.25. The summed E-state index contributed by atoms with van der Waals surface area (Å²) in [4.78, 5) is 0. The van der Waals surface area contributed by atoms with Gasteiger partial charge in [-0.15, -0.1) is 0 Å². The van der Waals surface area contributed by atoms with Gasteiger partial charge in [-0.1, -0.05) is 44.2 Å². The molecule has 1 fully saturated rings. The molecule has 1 unspecified atom stereocenters. The maximum atomic E-state index is 6.53. The average Bonchev–Trinajstić information content (AvgIpc) is 3.12. The molecule has 1 aliphatic rings. The Hall–Kier alpha value is -0.540. The molecule has 0 aliphatic heterocycles. The third kappa shape index (κ3) is 4.23. The Bertz CT molecular complexity index is 435. The van der Waals surface area contributed by atoms with E-state index in [2.05, 4.69) is 36.0 Å². The summed E-state index contributed by atoms with van der Waals surface area (Å²) in [6.45, 7) is 5.15. The fraction of sp³-hybridized carbons (Fsp3) is 0.824. The number of hydrogen-bond donors (Lipinski definition) is 1. The second-order valence-corrected chi connectivity index (χ2v) is 6.67. The highest BCUT2D eigenvalue weighted by molar-refractivity contribution is 6.31. The van der Waals surface area contributed by atoms with Crippen molar-refractivity contribution in [2.45, 2.75) is 77.8 Å². The van der Waals surface area contributed by atoms with E-state index >= 15 is 0 Å². The minimum absolute atomic E-state index is 0.509. The normalized spacial score (nSPS) is 17.5. The average molecular weight is 312 g/mol. The minimum Gasteiger partial charge on any atom is -0.317 e. The third-order valence-electron chi connectivity index (χ3n) is 4.94. The highest BCUT2D eigenvalue weighted by Gasteiger charge is 2.20. The first kappa shape index (κ1) is 16.8. The molecule has 0 amide bonds. The maximum absolute atomic E-state index is 6.53. The van der Waals surface area contributed by atoms with E-state index in [0.717, 1.165) is 36.0 Å². The predicted molar refractivity (Wildman–Crippen MR) is 90.0 cm³/mol. The molecule has 1 aromatic rings. The van der Waals surface area contributed by atoms with Crippen molar-refractivity contribution >= 4 is 11.6 Å². The molecule has 21 heavy (non-hydrogen) atoms. The minimum atomic E-state index is 0.509. The molecule has 0 radical (unpaired) electrons. The smallest absolute Gasteiger partial charge is 0.0850 e. The first-order chi connectivity index (χ1) is 10.2. The van der Waals surface area contributed by atoms with E-state index in [1.54, 1.807) is 0 Å². The molecule has 1 aromatic heterocycles. The van der Waals surface area contributed by atoms with Crippen LogP contribution in [0.5, 0.6) is 0 Å². The van der Waals surface area contributed by atoms with Crippen LogP contribution in [0.25, 0.3) is 0 Å². The van der Waals surface area contributed by atoms with Gasteiger partial charge in [-0.25, -0.2) is 0 Å². The largest absolute Gasteiger partial charge is 0.317 e. The van der Waals surface area contributed by atoms with Crippen LogP contribution >= 0.6 is 11.6 Å². The van der Waals surface area contributed by atoms with Crippen LogP contribution in [0.15, 0.2) is 0 Å². The van der Waals surface area contributed by atoms with Crippen LogP contribution in [-0.4, -0.2) is 22.9 Å². The van der Waals surface area contributed by atoms with E-state index < -0.39 is 0 Å². The van der Waals surface area contributed by atoms with Crippen molar-refractivity contribution < 1.29 is 0 Å². The monoisotopic (exact) mass is 311 g/mol. The van der Waals surface area contributed by atoms with Gasteiger partial charge in [0.05, 0.1) is 16.4 Å². The first-order valence-corrected chi connectivity index (χ1v) is 8.98. The zero-order valence-electron chi connectivity index (χ0n) is 13.8. The topological polar surface area (TPSA) is 29.9 Å². The summed E-state index contributed by atoms with van der Waals surface area (Å²) >= 11 is 6.53. The molecule has 1 saturated carbocycles. The molecule has 3 nitrogen and oxygen atoms in total. The number of halogens is 1. The van der Waals surface area contributed by atoms with Gasteiger partial charge in [-0.05, 0) is 39.2 Å². The van der Waals surface area contributed by atoms with Crippen molar-refractivity contribution in [3.8, 4) is 0 Å². The summed E-state index contributed by atoms with van der Waals surface area (Å²) in [6.07, 6.45) is 10.2. The fourth-order valence-electron chi connectivity index (χ4n) is 3.53.